The zero-order chi connectivity index (χ0) is 12.2. The average molecular weight is 228 g/mol. The van der Waals surface area contributed by atoms with E-state index in [1.807, 2.05) is 0 Å². The molecule has 0 unspecified atom stereocenters. The Labute approximate surface area is 100 Å². The molecule has 1 fully saturated rings. The van der Waals surface area contributed by atoms with E-state index in [9.17, 15) is 5.11 Å². The predicted octanol–water partition coefficient (Wildman–Crippen LogP) is 1.42. The number of likely N-dealkylation sites (N-methyl/N-ethyl adjacent to an activating group) is 1. The van der Waals surface area contributed by atoms with Crippen molar-refractivity contribution in [3.8, 4) is 0 Å². The third-order valence-corrected chi connectivity index (χ3v) is 4.13. The van der Waals surface area contributed by atoms with E-state index >= 15 is 0 Å². The summed E-state index contributed by atoms with van der Waals surface area (Å²) in [4.78, 5) is 4.70. The minimum atomic E-state index is -0.0779. The highest BCUT2D eigenvalue weighted by molar-refractivity contribution is 4.79. The molecule has 1 heterocycles. The Morgan fingerprint density at radius 2 is 1.88 bits per heavy atom. The van der Waals surface area contributed by atoms with Crippen molar-refractivity contribution in [2.45, 2.75) is 38.6 Å². The van der Waals surface area contributed by atoms with Crippen LogP contribution in [-0.4, -0.2) is 60.8 Å². The molecule has 0 saturated carbocycles. The van der Waals surface area contributed by atoms with Gasteiger partial charge in [-0.1, -0.05) is 0 Å². The molecule has 0 aliphatic carbocycles. The van der Waals surface area contributed by atoms with Gasteiger partial charge < -0.3 is 10.0 Å². The van der Waals surface area contributed by atoms with Gasteiger partial charge in [-0.3, -0.25) is 4.90 Å². The molecule has 0 atom stereocenters. The van der Waals surface area contributed by atoms with E-state index < -0.39 is 0 Å². The van der Waals surface area contributed by atoms with E-state index in [4.69, 9.17) is 0 Å². The number of nitrogens with zero attached hydrogens (tertiary/aromatic N) is 2. The standard InChI is InChI=1S/C13H28N2O/c1-13(2,11-16)15(4)10-7-12-5-8-14(3)9-6-12/h12,16H,5-11H2,1-4H3. The van der Waals surface area contributed by atoms with Crippen molar-refractivity contribution in [1.82, 2.24) is 9.80 Å². The molecule has 0 aromatic carbocycles. The molecule has 3 heteroatoms. The fourth-order valence-electron chi connectivity index (χ4n) is 2.15. The summed E-state index contributed by atoms with van der Waals surface area (Å²) in [7, 11) is 4.32. The van der Waals surface area contributed by atoms with Gasteiger partial charge in [0.05, 0.1) is 6.61 Å². The number of likely N-dealkylation sites (tertiary alicyclic amines) is 1. The molecule has 1 saturated heterocycles. The lowest BCUT2D eigenvalue weighted by Gasteiger charge is -2.36. The van der Waals surface area contributed by atoms with E-state index in [1.165, 1.54) is 32.4 Å². The van der Waals surface area contributed by atoms with Crippen LogP contribution < -0.4 is 0 Å². The van der Waals surface area contributed by atoms with Crippen molar-refractivity contribution < 1.29 is 5.11 Å². The highest BCUT2D eigenvalue weighted by Crippen LogP contribution is 2.21. The third kappa shape index (κ3) is 4.04. The van der Waals surface area contributed by atoms with Gasteiger partial charge in [-0.05, 0) is 72.8 Å². The molecule has 0 bridgehead atoms. The molecular formula is C13H28N2O. The molecule has 1 N–H and O–H groups in total. The Hall–Kier alpha value is -0.120. The first-order chi connectivity index (χ1) is 7.45. The fraction of sp³-hybridized carbons (Fsp3) is 1.00. The molecule has 0 aromatic rings. The highest BCUT2D eigenvalue weighted by Gasteiger charge is 2.23. The number of hydrogen-bond donors (Lipinski definition) is 1. The maximum atomic E-state index is 9.29. The Kier molecular flexibility index (Phi) is 5.22. The third-order valence-electron chi connectivity index (χ3n) is 4.13. The first-order valence-electron chi connectivity index (χ1n) is 6.46. The van der Waals surface area contributed by atoms with Crippen molar-refractivity contribution in [3.05, 3.63) is 0 Å². The zero-order valence-corrected chi connectivity index (χ0v) is 11.4. The van der Waals surface area contributed by atoms with Crippen LogP contribution in [0.1, 0.15) is 33.1 Å². The SMILES string of the molecule is CN1CCC(CCN(C)C(C)(C)CO)CC1. The molecule has 1 aliphatic heterocycles. The van der Waals surface area contributed by atoms with E-state index in [-0.39, 0.29) is 12.1 Å². The Balaban J connectivity index is 2.24. The molecule has 1 rings (SSSR count). The summed E-state index contributed by atoms with van der Waals surface area (Å²) in [6, 6.07) is 0. The monoisotopic (exact) mass is 228 g/mol. The van der Waals surface area contributed by atoms with Crippen molar-refractivity contribution >= 4 is 0 Å². The van der Waals surface area contributed by atoms with Crippen LogP contribution in [0.4, 0.5) is 0 Å². The Bertz CT molecular complexity index is 198. The summed E-state index contributed by atoms with van der Waals surface area (Å²) in [5.74, 6) is 0.883. The number of aliphatic hydroxyl groups is 1. The van der Waals surface area contributed by atoms with E-state index in [0.29, 0.717) is 0 Å². The van der Waals surface area contributed by atoms with Gasteiger partial charge in [-0.15, -0.1) is 0 Å². The summed E-state index contributed by atoms with van der Waals surface area (Å²) in [5, 5.41) is 9.29. The maximum absolute atomic E-state index is 9.29. The summed E-state index contributed by atoms with van der Waals surface area (Å²) >= 11 is 0. The van der Waals surface area contributed by atoms with Crippen LogP contribution in [-0.2, 0) is 0 Å². The average Bonchev–Trinajstić information content (AvgIpc) is 2.28. The van der Waals surface area contributed by atoms with Gasteiger partial charge in [-0.2, -0.15) is 0 Å². The van der Waals surface area contributed by atoms with Crippen molar-refractivity contribution in [3.63, 3.8) is 0 Å². The van der Waals surface area contributed by atoms with Gasteiger partial charge in [0.25, 0.3) is 0 Å². The summed E-state index contributed by atoms with van der Waals surface area (Å²) < 4.78 is 0. The van der Waals surface area contributed by atoms with Gasteiger partial charge in [-0.25, -0.2) is 0 Å². The van der Waals surface area contributed by atoms with Gasteiger partial charge in [0.2, 0.25) is 0 Å². The Morgan fingerprint density at radius 1 is 1.31 bits per heavy atom. The normalized spacial score (nSPS) is 20.6. The van der Waals surface area contributed by atoms with Crippen LogP contribution in [0.25, 0.3) is 0 Å². The molecule has 0 spiro atoms. The number of aliphatic hydroxyl groups excluding tert-OH is 1. The number of rotatable bonds is 5. The second kappa shape index (κ2) is 5.99. The van der Waals surface area contributed by atoms with Crippen LogP contribution in [0.5, 0.6) is 0 Å². The Morgan fingerprint density at radius 3 is 2.38 bits per heavy atom. The van der Waals surface area contributed by atoms with Crippen LogP contribution in [0.2, 0.25) is 0 Å². The lowest BCUT2D eigenvalue weighted by atomic mass is 9.93. The van der Waals surface area contributed by atoms with Crippen LogP contribution in [0.15, 0.2) is 0 Å². The van der Waals surface area contributed by atoms with Gasteiger partial charge >= 0.3 is 0 Å². The predicted molar refractivity (Wildman–Crippen MR) is 68.6 cm³/mol. The lowest BCUT2D eigenvalue weighted by molar-refractivity contribution is 0.0706. The largest absolute Gasteiger partial charge is 0.394 e. The van der Waals surface area contributed by atoms with Crippen molar-refractivity contribution in [2.75, 3.05) is 40.3 Å². The van der Waals surface area contributed by atoms with E-state index in [2.05, 4.69) is 37.7 Å². The molecule has 16 heavy (non-hydrogen) atoms. The van der Waals surface area contributed by atoms with Gasteiger partial charge in [0, 0.05) is 5.54 Å². The minimum Gasteiger partial charge on any atom is -0.394 e. The molecule has 1 aliphatic rings. The molecule has 96 valence electrons. The lowest BCUT2D eigenvalue weighted by Crippen LogP contribution is -2.45. The van der Waals surface area contributed by atoms with Crippen molar-refractivity contribution in [2.24, 2.45) is 5.92 Å². The maximum Gasteiger partial charge on any atom is 0.0609 e. The summed E-state index contributed by atoms with van der Waals surface area (Å²) in [5.41, 5.74) is -0.0779. The second-order valence-electron chi connectivity index (χ2n) is 5.93. The zero-order valence-electron chi connectivity index (χ0n) is 11.4. The topological polar surface area (TPSA) is 26.7 Å². The first-order valence-corrected chi connectivity index (χ1v) is 6.46. The minimum absolute atomic E-state index is 0.0779. The van der Waals surface area contributed by atoms with Gasteiger partial charge in [0.1, 0.15) is 0 Å². The fourth-order valence-corrected chi connectivity index (χ4v) is 2.15. The molecule has 0 amide bonds. The van der Waals surface area contributed by atoms with E-state index in [1.54, 1.807) is 0 Å². The quantitative estimate of drug-likeness (QED) is 0.771. The summed E-state index contributed by atoms with van der Waals surface area (Å²) in [6.45, 7) is 8.03. The number of piperidine rings is 1. The smallest absolute Gasteiger partial charge is 0.0609 e. The molecule has 0 radical (unpaired) electrons. The van der Waals surface area contributed by atoms with E-state index in [0.717, 1.165) is 12.5 Å². The van der Waals surface area contributed by atoms with Crippen LogP contribution in [0.3, 0.4) is 0 Å². The van der Waals surface area contributed by atoms with Crippen LogP contribution in [0, 0.1) is 5.92 Å². The molecule has 3 nitrogen and oxygen atoms in total. The molecular weight excluding hydrogens is 200 g/mol. The van der Waals surface area contributed by atoms with Crippen molar-refractivity contribution in [1.29, 1.82) is 0 Å². The molecule has 0 aromatic heterocycles. The first kappa shape index (κ1) is 13.9. The summed E-state index contributed by atoms with van der Waals surface area (Å²) in [6.07, 6.45) is 3.95. The number of hydrogen-bond acceptors (Lipinski definition) is 3. The highest BCUT2D eigenvalue weighted by atomic mass is 16.3. The second-order valence-corrected chi connectivity index (χ2v) is 5.93. The van der Waals surface area contributed by atoms with Crippen LogP contribution >= 0.6 is 0 Å². The van der Waals surface area contributed by atoms with Gasteiger partial charge in [0.15, 0.2) is 0 Å².